The lowest BCUT2D eigenvalue weighted by atomic mass is 10.1. The normalized spacial score (nSPS) is 11.2. The van der Waals surface area contributed by atoms with E-state index in [4.69, 9.17) is 0 Å². The second-order valence-electron chi connectivity index (χ2n) is 6.35. The van der Waals surface area contributed by atoms with Crippen LogP contribution in [0.2, 0.25) is 0 Å². The van der Waals surface area contributed by atoms with Crippen LogP contribution in [-0.2, 0) is 18.7 Å². The van der Waals surface area contributed by atoms with Gasteiger partial charge in [-0.05, 0) is 18.6 Å². The van der Waals surface area contributed by atoms with E-state index in [-0.39, 0.29) is 10.6 Å². The predicted molar refractivity (Wildman–Crippen MR) is 109 cm³/mol. The summed E-state index contributed by atoms with van der Waals surface area (Å²) in [4.78, 5) is 14.2. The summed E-state index contributed by atoms with van der Waals surface area (Å²) in [6.45, 7) is 2.79. The molecule has 28 heavy (non-hydrogen) atoms. The molecule has 4 rings (SSSR count). The second-order valence-corrected chi connectivity index (χ2v) is 7.30. The maximum Gasteiger partial charge on any atom is 0.273 e. The molecule has 0 bridgehead atoms. The quantitative estimate of drug-likeness (QED) is 0.282. The molecule has 0 fully saturated rings. The Bertz CT molecular complexity index is 1130. The summed E-state index contributed by atoms with van der Waals surface area (Å²) in [6.07, 6.45) is 2.69. The molecule has 7 nitrogen and oxygen atoms in total. The molecule has 2 aromatic heterocycles. The smallest absolute Gasteiger partial charge is 0.273 e. The van der Waals surface area contributed by atoms with Crippen molar-refractivity contribution in [3.8, 4) is 0 Å². The van der Waals surface area contributed by atoms with Gasteiger partial charge in [-0.2, -0.15) is 0 Å². The van der Waals surface area contributed by atoms with Gasteiger partial charge in [0.05, 0.1) is 4.92 Å². The van der Waals surface area contributed by atoms with Crippen molar-refractivity contribution in [3.63, 3.8) is 0 Å². The van der Waals surface area contributed by atoms with Gasteiger partial charge in [-0.15, -0.1) is 10.2 Å². The Morgan fingerprint density at radius 3 is 2.71 bits per heavy atom. The SMILES string of the molecule is CCn1c(Cc2c[nH]c3ccccc23)nnc1SCc1ccccc1[N+](=O)[O-]. The van der Waals surface area contributed by atoms with Crippen LogP contribution in [0.25, 0.3) is 10.9 Å². The highest BCUT2D eigenvalue weighted by Gasteiger charge is 2.17. The van der Waals surface area contributed by atoms with E-state index in [2.05, 4.69) is 38.8 Å². The van der Waals surface area contributed by atoms with Gasteiger partial charge in [0.1, 0.15) is 5.82 Å². The van der Waals surface area contributed by atoms with E-state index in [9.17, 15) is 10.1 Å². The number of para-hydroxylation sites is 2. The number of nitrogens with zero attached hydrogens (tertiary/aromatic N) is 4. The minimum absolute atomic E-state index is 0.136. The third-order valence-electron chi connectivity index (χ3n) is 4.68. The molecule has 2 heterocycles. The number of nitro benzene ring substituents is 1. The minimum Gasteiger partial charge on any atom is -0.361 e. The van der Waals surface area contributed by atoms with Gasteiger partial charge < -0.3 is 9.55 Å². The number of aromatic amines is 1. The van der Waals surface area contributed by atoms with Crippen molar-refractivity contribution in [3.05, 3.63) is 81.8 Å². The lowest BCUT2D eigenvalue weighted by molar-refractivity contribution is -0.385. The van der Waals surface area contributed by atoms with Gasteiger partial charge in [0.15, 0.2) is 5.16 Å². The van der Waals surface area contributed by atoms with Crippen molar-refractivity contribution in [2.75, 3.05) is 0 Å². The molecule has 8 heteroatoms. The molecule has 0 spiro atoms. The van der Waals surface area contributed by atoms with Gasteiger partial charge in [-0.25, -0.2) is 0 Å². The van der Waals surface area contributed by atoms with E-state index in [0.717, 1.165) is 23.0 Å². The summed E-state index contributed by atoms with van der Waals surface area (Å²) in [5.74, 6) is 1.36. The summed E-state index contributed by atoms with van der Waals surface area (Å²) in [6, 6.07) is 15.0. The number of fused-ring (bicyclic) bond motifs is 1. The van der Waals surface area contributed by atoms with Crippen molar-refractivity contribution < 1.29 is 4.92 Å². The first-order chi connectivity index (χ1) is 13.7. The third kappa shape index (κ3) is 3.50. The largest absolute Gasteiger partial charge is 0.361 e. The Kier molecular flexibility index (Phi) is 5.12. The Morgan fingerprint density at radius 1 is 1.11 bits per heavy atom. The molecule has 142 valence electrons. The predicted octanol–water partition coefficient (Wildman–Crippen LogP) is 4.57. The number of hydrogen-bond donors (Lipinski definition) is 1. The zero-order chi connectivity index (χ0) is 19.5. The number of hydrogen-bond acceptors (Lipinski definition) is 5. The third-order valence-corrected chi connectivity index (χ3v) is 5.69. The van der Waals surface area contributed by atoms with Crippen LogP contribution >= 0.6 is 11.8 Å². The van der Waals surface area contributed by atoms with Crippen molar-refractivity contribution in [2.45, 2.75) is 30.8 Å². The van der Waals surface area contributed by atoms with Crippen LogP contribution < -0.4 is 0 Å². The maximum atomic E-state index is 11.2. The molecule has 0 saturated heterocycles. The summed E-state index contributed by atoms with van der Waals surface area (Å²) < 4.78 is 2.07. The average molecular weight is 393 g/mol. The number of benzene rings is 2. The molecule has 0 saturated carbocycles. The van der Waals surface area contributed by atoms with Crippen molar-refractivity contribution in [2.24, 2.45) is 0 Å². The van der Waals surface area contributed by atoms with Gasteiger partial charge in [0, 0.05) is 47.4 Å². The fraction of sp³-hybridized carbons (Fsp3) is 0.200. The highest BCUT2D eigenvalue weighted by atomic mass is 32.2. The summed E-state index contributed by atoms with van der Waals surface area (Å²) in [5, 5.41) is 21.9. The van der Waals surface area contributed by atoms with Crippen LogP contribution in [0.15, 0.2) is 59.9 Å². The molecular weight excluding hydrogens is 374 g/mol. The zero-order valence-corrected chi connectivity index (χ0v) is 16.1. The molecule has 0 aliphatic rings. The highest BCUT2D eigenvalue weighted by molar-refractivity contribution is 7.98. The van der Waals surface area contributed by atoms with E-state index in [0.29, 0.717) is 17.7 Å². The lowest BCUT2D eigenvalue weighted by Gasteiger charge is -2.07. The van der Waals surface area contributed by atoms with E-state index < -0.39 is 0 Å². The van der Waals surface area contributed by atoms with Gasteiger partial charge in [0.25, 0.3) is 5.69 Å². The monoisotopic (exact) mass is 393 g/mol. The van der Waals surface area contributed by atoms with E-state index in [1.54, 1.807) is 12.1 Å². The fourth-order valence-corrected chi connectivity index (χ4v) is 4.29. The molecule has 0 radical (unpaired) electrons. The summed E-state index contributed by atoms with van der Waals surface area (Å²) in [5.41, 5.74) is 3.09. The Hall–Kier alpha value is -3.13. The zero-order valence-electron chi connectivity index (χ0n) is 15.3. The first-order valence-corrected chi connectivity index (χ1v) is 9.98. The molecule has 0 amide bonds. The number of H-pyrrole nitrogens is 1. The lowest BCUT2D eigenvalue weighted by Crippen LogP contribution is -2.04. The number of nitro groups is 1. The Morgan fingerprint density at radius 2 is 1.89 bits per heavy atom. The number of thioether (sulfide) groups is 1. The van der Waals surface area contributed by atoms with Crippen molar-refractivity contribution in [1.82, 2.24) is 19.7 Å². The van der Waals surface area contributed by atoms with E-state index >= 15 is 0 Å². The van der Waals surface area contributed by atoms with Crippen LogP contribution in [0, 0.1) is 10.1 Å². The molecule has 0 unspecified atom stereocenters. The molecule has 4 aromatic rings. The number of rotatable bonds is 7. The summed E-state index contributed by atoms with van der Waals surface area (Å²) in [7, 11) is 0. The van der Waals surface area contributed by atoms with Crippen LogP contribution in [0.5, 0.6) is 0 Å². The fourth-order valence-electron chi connectivity index (χ4n) is 3.28. The van der Waals surface area contributed by atoms with Crippen LogP contribution in [0.4, 0.5) is 5.69 Å². The summed E-state index contributed by atoms with van der Waals surface area (Å²) >= 11 is 1.47. The molecule has 0 aliphatic heterocycles. The first kappa shape index (κ1) is 18.2. The van der Waals surface area contributed by atoms with Gasteiger partial charge in [-0.3, -0.25) is 10.1 Å². The maximum absolute atomic E-state index is 11.2. The highest BCUT2D eigenvalue weighted by Crippen LogP contribution is 2.28. The number of nitrogens with one attached hydrogen (secondary N) is 1. The Balaban J connectivity index is 1.56. The van der Waals surface area contributed by atoms with Gasteiger partial charge in [-0.1, -0.05) is 48.2 Å². The average Bonchev–Trinajstić information content (AvgIpc) is 3.30. The molecule has 1 N–H and O–H groups in total. The van der Waals surface area contributed by atoms with Crippen LogP contribution in [-0.4, -0.2) is 24.7 Å². The first-order valence-electron chi connectivity index (χ1n) is 8.99. The second kappa shape index (κ2) is 7.85. The van der Waals surface area contributed by atoms with Crippen LogP contribution in [0.1, 0.15) is 23.9 Å². The molecule has 2 aromatic carbocycles. The van der Waals surface area contributed by atoms with E-state index in [1.807, 2.05) is 24.4 Å². The van der Waals surface area contributed by atoms with Crippen molar-refractivity contribution in [1.29, 1.82) is 0 Å². The van der Waals surface area contributed by atoms with Gasteiger partial charge in [0.2, 0.25) is 0 Å². The van der Waals surface area contributed by atoms with E-state index in [1.165, 1.54) is 28.8 Å². The number of aromatic nitrogens is 4. The molecule has 0 atom stereocenters. The minimum atomic E-state index is -0.344. The van der Waals surface area contributed by atoms with Crippen LogP contribution in [0.3, 0.4) is 0 Å². The standard InChI is InChI=1S/C20H19N5O2S/c1-2-24-19(11-15-12-21-17-9-5-4-8-16(15)17)22-23-20(24)28-13-14-7-3-6-10-18(14)25(26)27/h3-10,12,21H,2,11,13H2,1H3. The molecular formula is C20H19N5O2S. The topological polar surface area (TPSA) is 89.6 Å². The Labute approximate surface area is 165 Å². The van der Waals surface area contributed by atoms with Crippen molar-refractivity contribution >= 4 is 28.4 Å². The van der Waals surface area contributed by atoms with Gasteiger partial charge >= 0.3 is 0 Å². The molecule has 0 aliphatic carbocycles.